The van der Waals surface area contributed by atoms with E-state index < -0.39 is 59.8 Å². The number of ether oxygens (including phenoxy) is 1. The summed E-state index contributed by atoms with van der Waals surface area (Å²) in [5.74, 6) is -6.28. The Balaban J connectivity index is 1.70. The first-order valence-corrected chi connectivity index (χ1v) is 12.1. The van der Waals surface area contributed by atoms with Gasteiger partial charge in [-0.15, -0.1) is 0 Å². The standard InChI is InChI=1S/C28H24F3N3O6/c1-40-20-4-2-3-17(13-20)27(38)33-11-12-34(28(39)18-7-10-21(30)22(31)14-18)26(33)25(37)32-23(15-24(35)36)16-5-8-19(29)9-6-16/h2-10,13-14,23,26H,11-12,15H2,1H3,(H,32,37)(H,35,36). The molecule has 208 valence electrons. The fraction of sp³-hybridized carbons (Fsp3) is 0.214. The van der Waals surface area contributed by atoms with Crippen molar-refractivity contribution in [3.8, 4) is 5.75 Å². The Morgan fingerprint density at radius 1 is 0.900 bits per heavy atom. The molecule has 3 aromatic rings. The van der Waals surface area contributed by atoms with Crippen molar-refractivity contribution >= 4 is 23.7 Å². The number of aliphatic carboxylic acids is 1. The van der Waals surface area contributed by atoms with Gasteiger partial charge >= 0.3 is 5.97 Å². The zero-order valence-electron chi connectivity index (χ0n) is 21.1. The first kappa shape index (κ1) is 28.1. The molecule has 1 aliphatic rings. The van der Waals surface area contributed by atoms with Gasteiger partial charge < -0.3 is 25.0 Å². The Kier molecular flexibility index (Phi) is 8.37. The van der Waals surface area contributed by atoms with Gasteiger partial charge in [0.25, 0.3) is 17.7 Å². The molecule has 0 spiro atoms. The summed E-state index contributed by atoms with van der Waals surface area (Å²) in [5, 5.41) is 12.0. The van der Waals surface area contributed by atoms with Crippen LogP contribution >= 0.6 is 0 Å². The average molecular weight is 556 g/mol. The average Bonchev–Trinajstić information content (AvgIpc) is 3.39. The summed E-state index contributed by atoms with van der Waals surface area (Å²) in [6.07, 6.45) is -2.15. The second-order valence-corrected chi connectivity index (χ2v) is 8.94. The molecule has 4 rings (SSSR count). The number of amides is 3. The third kappa shape index (κ3) is 6.06. The molecule has 12 heteroatoms. The molecule has 2 unspecified atom stereocenters. The van der Waals surface area contributed by atoms with E-state index in [1.807, 2.05) is 0 Å². The van der Waals surface area contributed by atoms with Crippen LogP contribution in [0.4, 0.5) is 13.2 Å². The number of halogens is 3. The number of carboxylic acid groups (broad SMARTS) is 1. The summed E-state index contributed by atoms with van der Waals surface area (Å²) < 4.78 is 46.0. The number of hydrogen-bond donors (Lipinski definition) is 2. The van der Waals surface area contributed by atoms with E-state index in [0.29, 0.717) is 11.8 Å². The zero-order chi connectivity index (χ0) is 29.0. The zero-order valence-corrected chi connectivity index (χ0v) is 21.1. The van der Waals surface area contributed by atoms with Gasteiger partial charge in [-0.2, -0.15) is 0 Å². The fourth-order valence-electron chi connectivity index (χ4n) is 4.42. The SMILES string of the molecule is COc1cccc(C(=O)N2CCN(C(=O)c3ccc(F)c(F)c3)C2C(=O)NC(CC(=O)O)c2ccc(F)cc2)c1. The molecule has 3 amide bonds. The molecule has 1 aliphatic heterocycles. The summed E-state index contributed by atoms with van der Waals surface area (Å²) in [4.78, 5) is 54.3. The molecular formula is C28H24F3N3O6. The highest BCUT2D eigenvalue weighted by molar-refractivity contribution is 6.02. The van der Waals surface area contributed by atoms with E-state index in [1.165, 1.54) is 31.4 Å². The maximum Gasteiger partial charge on any atom is 0.305 e. The van der Waals surface area contributed by atoms with E-state index in [9.17, 15) is 37.5 Å². The number of carboxylic acids is 1. The number of nitrogens with zero attached hydrogens (tertiary/aromatic N) is 2. The van der Waals surface area contributed by atoms with Crippen molar-refractivity contribution in [3.05, 3.63) is 101 Å². The number of carbonyl (C=O) groups is 4. The molecule has 0 bridgehead atoms. The predicted molar refractivity (Wildman–Crippen MR) is 135 cm³/mol. The van der Waals surface area contributed by atoms with Crippen LogP contribution in [0.1, 0.15) is 38.7 Å². The van der Waals surface area contributed by atoms with Crippen molar-refractivity contribution in [2.24, 2.45) is 0 Å². The smallest absolute Gasteiger partial charge is 0.305 e. The Bertz CT molecular complexity index is 1450. The van der Waals surface area contributed by atoms with Crippen LogP contribution in [0.15, 0.2) is 66.7 Å². The first-order chi connectivity index (χ1) is 19.1. The van der Waals surface area contributed by atoms with E-state index >= 15 is 0 Å². The Hall–Kier alpha value is -4.87. The lowest BCUT2D eigenvalue weighted by molar-refractivity contribution is -0.138. The van der Waals surface area contributed by atoms with Crippen molar-refractivity contribution in [3.63, 3.8) is 0 Å². The van der Waals surface area contributed by atoms with E-state index in [2.05, 4.69) is 5.32 Å². The van der Waals surface area contributed by atoms with Crippen LogP contribution in [0.2, 0.25) is 0 Å². The quantitative estimate of drug-likeness (QED) is 0.441. The summed E-state index contributed by atoms with van der Waals surface area (Å²) in [6.45, 7) is -0.227. The summed E-state index contributed by atoms with van der Waals surface area (Å²) >= 11 is 0. The van der Waals surface area contributed by atoms with E-state index in [-0.39, 0.29) is 29.8 Å². The van der Waals surface area contributed by atoms with Gasteiger partial charge in [-0.1, -0.05) is 18.2 Å². The van der Waals surface area contributed by atoms with Crippen molar-refractivity contribution in [2.75, 3.05) is 20.2 Å². The molecular weight excluding hydrogens is 531 g/mol. The van der Waals surface area contributed by atoms with E-state index in [0.717, 1.165) is 34.1 Å². The molecule has 2 N–H and O–H groups in total. The van der Waals surface area contributed by atoms with Gasteiger partial charge in [0, 0.05) is 24.2 Å². The molecule has 0 radical (unpaired) electrons. The highest BCUT2D eigenvalue weighted by Crippen LogP contribution is 2.25. The maximum atomic E-state index is 13.9. The maximum absolute atomic E-state index is 13.9. The van der Waals surface area contributed by atoms with Crippen LogP contribution in [0.3, 0.4) is 0 Å². The molecule has 3 aromatic carbocycles. The number of nitrogens with one attached hydrogen (secondary N) is 1. The molecule has 40 heavy (non-hydrogen) atoms. The van der Waals surface area contributed by atoms with E-state index in [4.69, 9.17) is 4.74 Å². The Morgan fingerprint density at radius 2 is 1.52 bits per heavy atom. The predicted octanol–water partition coefficient (Wildman–Crippen LogP) is 3.37. The molecule has 1 saturated heterocycles. The highest BCUT2D eigenvalue weighted by Gasteiger charge is 2.44. The van der Waals surface area contributed by atoms with Gasteiger partial charge in [0.1, 0.15) is 11.6 Å². The number of rotatable bonds is 8. The van der Waals surface area contributed by atoms with Crippen molar-refractivity contribution in [1.29, 1.82) is 0 Å². The summed E-state index contributed by atoms with van der Waals surface area (Å²) in [7, 11) is 1.41. The monoisotopic (exact) mass is 555 g/mol. The van der Waals surface area contributed by atoms with Crippen molar-refractivity contribution < 1.29 is 42.2 Å². The molecule has 2 atom stereocenters. The minimum Gasteiger partial charge on any atom is -0.497 e. The number of benzene rings is 3. The van der Waals surface area contributed by atoms with E-state index in [1.54, 1.807) is 12.1 Å². The van der Waals surface area contributed by atoms with Crippen molar-refractivity contribution in [2.45, 2.75) is 18.6 Å². The van der Waals surface area contributed by atoms with Gasteiger partial charge in [0.05, 0.1) is 19.6 Å². The highest BCUT2D eigenvalue weighted by atomic mass is 19.2. The van der Waals surface area contributed by atoms with Gasteiger partial charge in [0.2, 0.25) is 0 Å². The Labute approximate surface area is 226 Å². The van der Waals surface area contributed by atoms with Crippen molar-refractivity contribution in [1.82, 2.24) is 15.1 Å². The van der Waals surface area contributed by atoms with Crippen LogP contribution in [-0.4, -0.2) is 65.0 Å². The topological polar surface area (TPSA) is 116 Å². The minimum atomic E-state index is -1.57. The second-order valence-electron chi connectivity index (χ2n) is 8.94. The van der Waals surface area contributed by atoms with Gasteiger partial charge in [-0.05, 0) is 54.1 Å². The summed E-state index contributed by atoms with van der Waals surface area (Å²) in [6, 6.07) is 12.3. The van der Waals surface area contributed by atoms with Crippen LogP contribution in [0.5, 0.6) is 5.75 Å². The second kappa shape index (κ2) is 11.9. The van der Waals surface area contributed by atoms with Crippen LogP contribution < -0.4 is 10.1 Å². The van der Waals surface area contributed by atoms with Crippen LogP contribution in [0.25, 0.3) is 0 Å². The fourth-order valence-corrected chi connectivity index (χ4v) is 4.42. The lowest BCUT2D eigenvalue weighted by Gasteiger charge is -2.31. The number of carbonyl (C=O) groups excluding carboxylic acids is 3. The summed E-state index contributed by atoms with van der Waals surface area (Å²) in [5.41, 5.74) is 0.173. The lowest BCUT2D eigenvalue weighted by atomic mass is 10.0. The van der Waals surface area contributed by atoms with Crippen LogP contribution in [-0.2, 0) is 9.59 Å². The third-order valence-electron chi connectivity index (χ3n) is 6.38. The third-order valence-corrected chi connectivity index (χ3v) is 6.38. The molecule has 1 fully saturated rings. The van der Waals surface area contributed by atoms with Gasteiger partial charge in [-0.25, -0.2) is 13.2 Å². The largest absolute Gasteiger partial charge is 0.497 e. The number of hydrogen-bond acceptors (Lipinski definition) is 5. The number of methoxy groups -OCH3 is 1. The normalized spacial score (nSPS) is 15.4. The molecule has 0 aliphatic carbocycles. The molecule has 9 nitrogen and oxygen atoms in total. The van der Waals surface area contributed by atoms with Gasteiger partial charge in [-0.3, -0.25) is 19.2 Å². The lowest BCUT2D eigenvalue weighted by Crippen LogP contribution is -2.54. The minimum absolute atomic E-state index is 0.0936. The molecule has 1 heterocycles. The molecule has 0 aromatic heterocycles. The Morgan fingerprint density at radius 3 is 2.10 bits per heavy atom. The van der Waals surface area contributed by atoms with Crippen LogP contribution in [0, 0.1) is 17.5 Å². The van der Waals surface area contributed by atoms with Gasteiger partial charge in [0.15, 0.2) is 17.8 Å². The molecule has 0 saturated carbocycles. The first-order valence-electron chi connectivity index (χ1n) is 12.1.